The number of hydrogen-bond acceptors (Lipinski definition) is 6. The minimum absolute atomic E-state index is 0.0973. The summed E-state index contributed by atoms with van der Waals surface area (Å²) in [6.45, 7) is 2.36. The van der Waals surface area contributed by atoms with Crippen molar-refractivity contribution in [3.8, 4) is 28.3 Å². The van der Waals surface area contributed by atoms with Crippen molar-refractivity contribution in [3.63, 3.8) is 0 Å². The quantitative estimate of drug-likeness (QED) is 0.899. The number of aromatic nitrogens is 2. The van der Waals surface area contributed by atoms with E-state index in [1.165, 1.54) is 23.7 Å². The molecule has 2 aromatic heterocycles. The molecule has 5 nitrogen and oxygen atoms in total. The van der Waals surface area contributed by atoms with Gasteiger partial charge in [-0.1, -0.05) is 0 Å². The molecule has 0 aliphatic carbocycles. The normalized spacial score (nSPS) is 9.88. The van der Waals surface area contributed by atoms with Crippen molar-refractivity contribution >= 4 is 11.3 Å². The number of nitriles is 1. The Hall–Kier alpha value is -2.13. The predicted octanol–water partition coefficient (Wildman–Crippen LogP) is 2.18. The van der Waals surface area contributed by atoms with E-state index in [1.54, 1.807) is 6.07 Å². The molecule has 86 valence electrons. The summed E-state index contributed by atoms with van der Waals surface area (Å²) in [5, 5.41) is 18.2. The third-order valence-corrected chi connectivity index (χ3v) is 3.05. The Kier molecular flexibility index (Phi) is 3.21. The Morgan fingerprint density at radius 1 is 1.47 bits per heavy atom. The van der Waals surface area contributed by atoms with E-state index in [0.717, 1.165) is 4.88 Å². The Balaban J connectivity index is 2.43. The fourth-order valence-electron chi connectivity index (χ4n) is 1.32. The van der Waals surface area contributed by atoms with Crippen molar-refractivity contribution in [2.75, 3.05) is 6.61 Å². The van der Waals surface area contributed by atoms with Crippen LogP contribution in [0.4, 0.5) is 0 Å². The van der Waals surface area contributed by atoms with Gasteiger partial charge >= 0.3 is 0 Å². The molecule has 0 atom stereocenters. The second-order valence-electron chi connectivity index (χ2n) is 3.11. The molecule has 0 aliphatic rings. The summed E-state index contributed by atoms with van der Waals surface area (Å²) in [6, 6.07) is 5.26. The molecule has 0 spiro atoms. The van der Waals surface area contributed by atoms with Gasteiger partial charge in [0.25, 0.3) is 0 Å². The highest BCUT2D eigenvalue weighted by Crippen LogP contribution is 2.35. The van der Waals surface area contributed by atoms with Crippen molar-refractivity contribution in [2.24, 2.45) is 0 Å². The zero-order chi connectivity index (χ0) is 12.3. The molecule has 0 fully saturated rings. The van der Waals surface area contributed by atoms with E-state index in [0.29, 0.717) is 22.9 Å². The van der Waals surface area contributed by atoms with Gasteiger partial charge in [0.2, 0.25) is 5.88 Å². The number of ether oxygens (including phenoxy) is 1. The number of rotatable bonds is 3. The van der Waals surface area contributed by atoms with Crippen molar-refractivity contribution in [3.05, 3.63) is 23.3 Å². The summed E-state index contributed by atoms with van der Waals surface area (Å²) in [6.07, 6.45) is 1.27. The molecule has 0 unspecified atom stereocenters. The van der Waals surface area contributed by atoms with Crippen LogP contribution in [0.3, 0.4) is 0 Å². The van der Waals surface area contributed by atoms with E-state index in [2.05, 4.69) is 16.0 Å². The summed E-state index contributed by atoms with van der Waals surface area (Å²) < 4.78 is 5.34. The maximum Gasteiger partial charge on any atom is 0.214 e. The smallest absolute Gasteiger partial charge is 0.214 e. The van der Waals surface area contributed by atoms with Crippen LogP contribution in [-0.2, 0) is 0 Å². The number of nitrogens with zero attached hydrogens (tertiary/aromatic N) is 3. The first-order valence-electron chi connectivity index (χ1n) is 4.92. The maximum atomic E-state index is 9.27. The van der Waals surface area contributed by atoms with Crippen LogP contribution in [0, 0.1) is 11.3 Å². The van der Waals surface area contributed by atoms with Gasteiger partial charge in [0, 0.05) is 12.1 Å². The third-order valence-electron chi connectivity index (χ3n) is 2.00. The fourth-order valence-corrected chi connectivity index (χ4v) is 2.19. The highest BCUT2D eigenvalue weighted by atomic mass is 32.1. The van der Waals surface area contributed by atoms with Gasteiger partial charge in [0.1, 0.15) is 23.0 Å². The molecule has 0 radical (unpaired) electrons. The van der Waals surface area contributed by atoms with Crippen LogP contribution in [0.1, 0.15) is 11.8 Å². The standard InChI is InChI=1S/C11H9N3O2S/c1-2-16-8-4-9(17-10(8)5-12)7-3-11(15)14-6-13-7/h3-4,6H,2H2,1H3,(H,13,14,15). The first-order valence-corrected chi connectivity index (χ1v) is 5.74. The van der Waals surface area contributed by atoms with E-state index in [9.17, 15) is 5.11 Å². The summed E-state index contributed by atoms with van der Waals surface area (Å²) in [4.78, 5) is 8.90. The predicted molar refractivity (Wildman–Crippen MR) is 62.9 cm³/mol. The minimum atomic E-state index is -0.0973. The summed E-state index contributed by atoms with van der Waals surface area (Å²) >= 11 is 1.27. The molecule has 0 aromatic carbocycles. The Morgan fingerprint density at radius 3 is 2.94 bits per heavy atom. The zero-order valence-corrected chi connectivity index (χ0v) is 9.86. The number of hydrogen-bond donors (Lipinski definition) is 1. The highest BCUT2D eigenvalue weighted by Gasteiger charge is 2.12. The molecule has 0 saturated carbocycles. The lowest BCUT2D eigenvalue weighted by Crippen LogP contribution is -1.90. The Bertz CT molecular complexity index is 574. The minimum Gasteiger partial charge on any atom is -0.493 e. The maximum absolute atomic E-state index is 9.27. The van der Waals surface area contributed by atoms with Crippen LogP contribution in [0.5, 0.6) is 11.6 Å². The summed E-state index contributed by atoms with van der Waals surface area (Å²) in [5.41, 5.74) is 0.574. The van der Waals surface area contributed by atoms with Crippen LogP contribution in [0.2, 0.25) is 0 Å². The molecular formula is C11H9N3O2S. The molecule has 2 heterocycles. The van der Waals surface area contributed by atoms with Gasteiger partial charge in [0.15, 0.2) is 0 Å². The van der Waals surface area contributed by atoms with E-state index in [1.807, 2.05) is 6.92 Å². The molecule has 0 saturated heterocycles. The van der Waals surface area contributed by atoms with Crippen molar-refractivity contribution < 1.29 is 9.84 Å². The first kappa shape index (κ1) is 11.4. The number of thiophene rings is 1. The van der Waals surface area contributed by atoms with E-state index >= 15 is 0 Å². The Morgan fingerprint density at radius 2 is 2.29 bits per heavy atom. The first-order chi connectivity index (χ1) is 8.24. The Labute approximate surface area is 102 Å². The van der Waals surface area contributed by atoms with Gasteiger partial charge in [-0.15, -0.1) is 11.3 Å². The lowest BCUT2D eigenvalue weighted by Gasteiger charge is -1.97. The monoisotopic (exact) mass is 247 g/mol. The van der Waals surface area contributed by atoms with Gasteiger partial charge in [0.05, 0.1) is 17.2 Å². The zero-order valence-electron chi connectivity index (χ0n) is 9.04. The van der Waals surface area contributed by atoms with Crippen molar-refractivity contribution in [1.82, 2.24) is 9.97 Å². The van der Waals surface area contributed by atoms with E-state index in [-0.39, 0.29) is 5.88 Å². The molecule has 2 rings (SSSR count). The van der Waals surface area contributed by atoms with Crippen LogP contribution >= 0.6 is 11.3 Å². The summed E-state index contributed by atoms with van der Waals surface area (Å²) in [7, 11) is 0. The third kappa shape index (κ3) is 2.34. The van der Waals surface area contributed by atoms with Gasteiger partial charge in [-0.25, -0.2) is 9.97 Å². The molecule has 17 heavy (non-hydrogen) atoms. The SMILES string of the molecule is CCOc1cc(-c2cc(O)ncn2)sc1C#N. The largest absolute Gasteiger partial charge is 0.493 e. The second kappa shape index (κ2) is 4.80. The van der Waals surface area contributed by atoms with Gasteiger partial charge in [-0.2, -0.15) is 5.26 Å². The molecule has 0 amide bonds. The second-order valence-corrected chi connectivity index (χ2v) is 4.16. The van der Waals surface area contributed by atoms with Crippen molar-refractivity contribution in [1.29, 1.82) is 5.26 Å². The van der Waals surface area contributed by atoms with E-state index in [4.69, 9.17) is 10.00 Å². The topological polar surface area (TPSA) is 79.0 Å². The van der Waals surface area contributed by atoms with E-state index < -0.39 is 0 Å². The molecular weight excluding hydrogens is 238 g/mol. The van der Waals surface area contributed by atoms with Crippen LogP contribution < -0.4 is 4.74 Å². The van der Waals surface area contributed by atoms with Gasteiger partial charge < -0.3 is 9.84 Å². The van der Waals surface area contributed by atoms with Gasteiger partial charge in [-0.3, -0.25) is 0 Å². The molecule has 1 N–H and O–H groups in total. The fraction of sp³-hybridized carbons (Fsp3) is 0.182. The van der Waals surface area contributed by atoms with Crippen LogP contribution in [0.25, 0.3) is 10.6 Å². The van der Waals surface area contributed by atoms with Gasteiger partial charge in [-0.05, 0) is 6.92 Å². The summed E-state index contributed by atoms with van der Waals surface area (Å²) in [5.74, 6) is 0.452. The molecule has 0 bridgehead atoms. The lowest BCUT2D eigenvalue weighted by molar-refractivity contribution is 0.341. The average Bonchev–Trinajstić information content (AvgIpc) is 2.73. The number of aromatic hydroxyl groups is 1. The lowest BCUT2D eigenvalue weighted by atomic mass is 10.3. The van der Waals surface area contributed by atoms with Crippen molar-refractivity contribution in [2.45, 2.75) is 6.92 Å². The van der Waals surface area contributed by atoms with Crippen LogP contribution in [0.15, 0.2) is 18.5 Å². The highest BCUT2D eigenvalue weighted by molar-refractivity contribution is 7.16. The molecule has 0 aliphatic heterocycles. The molecule has 6 heteroatoms. The molecule has 2 aromatic rings. The average molecular weight is 247 g/mol. The van der Waals surface area contributed by atoms with Crippen LogP contribution in [-0.4, -0.2) is 21.7 Å².